The van der Waals surface area contributed by atoms with Crippen molar-refractivity contribution in [3.05, 3.63) is 138 Å². The second kappa shape index (κ2) is 9.97. The first-order chi connectivity index (χ1) is 24.2. The lowest BCUT2D eigenvalue weighted by Crippen LogP contribution is -2.74. The second-order valence-corrected chi connectivity index (χ2v) is 19.0. The molecule has 4 fully saturated rings. The molecule has 4 saturated carbocycles. The molecule has 1 aliphatic heterocycles. The Labute approximate surface area is 302 Å². The Hall–Kier alpha value is -3.75. The van der Waals surface area contributed by atoms with Gasteiger partial charge in [-0.2, -0.15) is 0 Å². The van der Waals surface area contributed by atoms with Crippen LogP contribution in [0.1, 0.15) is 88.5 Å². The van der Waals surface area contributed by atoms with Gasteiger partial charge in [-0.3, -0.25) is 0 Å². The zero-order valence-corrected chi connectivity index (χ0v) is 30.7. The Morgan fingerprint density at radius 1 is 0.580 bits per heavy atom. The third-order valence-electron chi connectivity index (χ3n) is 15.0. The zero-order valence-electron chi connectivity index (χ0n) is 29.9. The van der Waals surface area contributed by atoms with Gasteiger partial charge in [-0.1, -0.05) is 130 Å². The predicted molar refractivity (Wildman–Crippen MR) is 208 cm³/mol. The van der Waals surface area contributed by atoms with Gasteiger partial charge < -0.3 is 4.90 Å². The van der Waals surface area contributed by atoms with E-state index in [2.05, 4.69) is 160 Å². The zero-order chi connectivity index (χ0) is 33.6. The van der Waals surface area contributed by atoms with Crippen LogP contribution >= 0.6 is 11.8 Å². The van der Waals surface area contributed by atoms with Gasteiger partial charge in [0.25, 0.3) is 0 Å². The summed E-state index contributed by atoms with van der Waals surface area (Å²) in [6.07, 6.45) is 8.21. The first kappa shape index (κ1) is 29.9. The molecule has 0 saturated heterocycles. The summed E-state index contributed by atoms with van der Waals surface area (Å²) < 4.78 is 0. The molecule has 5 aromatic rings. The van der Waals surface area contributed by atoms with Crippen LogP contribution in [0.15, 0.2) is 125 Å². The lowest BCUT2D eigenvalue weighted by Gasteiger charge is -2.78. The van der Waals surface area contributed by atoms with Crippen LogP contribution in [-0.4, -0.2) is 0 Å². The highest BCUT2D eigenvalue weighted by Crippen LogP contribution is 2.89. The average Bonchev–Trinajstić information content (AvgIpc) is 3.66. The normalized spacial score (nSPS) is 31.1. The molecule has 2 spiro atoms. The number of hydrogen-bond donors (Lipinski definition) is 0. The van der Waals surface area contributed by atoms with Crippen molar-refractivity contribution in [3.8, 4) is 11.1 Å². The SMILES string of the molecule is CC1(C)CCC(C)(C)c2c(N(c3ccccc3)c3cccc4c3Sc3c(-c5ccccc5)cccc3C43C4CC5CC6CC3C64C5)cccc21. The smallest absolute Gasteiger partial charge is 0.0604 e. The molecule has 0 amide bonds. The number of para-hydroxylation sites is 1. The lowest BCUT2D eigenvalue weighted by atomic mass is 9.26. The summed E-state index contributed by atoms with van der Waals surface area (Å²) in [6, 6.07) is 44.4. The maximum Gasteiger partial charge on any atom is 0.0604 e. The Balaban J connectivity index is 1.19. The van der Waals surface area contributed by atoms with E-state index in [4.69, 9.17) is 0 Å². The molecule has 5 aromatic carbocycles. The largest absolute Gasteiger partial charge is 0.309 e. The number of rotatable bonds is 4. The van der Waals surface area contributed by atoms with E-state index >= 15 is 0 Å². The van der Waals surface area contributed by atoms with Crippen molar-refractivity contribution in [1.29, 1.82) is 0 Å². The molecule has 11 rings (SSSR count). The number of benzene rings is 5. The molecule has 1 heterocycles. The van der Waals surface area contributed by atoms with Crippen LogP contribution < -0.4 is 4.90 Å². The number of nitrogens with zero attached hydrogens (tertiary/aromatic N) is 1. The van der Waals surface area contributed by atoms with Gasteiger partial charge in [0.05, 0.1) is 11.4 Å². The number of fused-ring (bicyclic) bond motifs is 8. The summed E-state index contributed by atoms with van der Waals surface area (Å²) in [7, 11) is 0. The fourth-order valence-electron chi connectivity index (χ4n) is 13.0. The summed E-state index contributed by atoms with van der Waals surface area (Å²) in [5.41, 5.74) is 13.9. The van der Waals surface area contributed by atoms with Gasteiger partial charge in [-0.25, -0.2) is 0 Å². The molecular weight excluding hydrogens is 623 g/mol. The minimum absolute atomic E-state index is 0.0785. The van der Waals surface area contributed by atoms with Gasteiger partial charge >= 0.3 is 0 Å². The number of hydrogen-bond acceptors (Lipinski definition) is 2. The molecule has 0 radical (unpaired) electrons. The van der Waals surface area contributed by atoms with Crippen molar-refractivity contribution < 1.29 is 0 Å². The predicted octanol–water partition coefficient (Wildman–Crippen LogP) is 13.0. The molecule has 5 aliphatic carbocycles. The van der Waals surface area contributed by atoms with Crippen molar-refractivity contribution in [3.63, 3.8) is 0 Å². The fourth-order valence-corrected chi connectivity index (χ4v) is 14.5. The average molecular weight is 670 g/mol. The molecule has 1 nitrogen and oxygen atoms in total. The maximum atomic E-state index is 2.66. The minimum atomic E-state index is 0.0785. The van der Waals surface area contributed by atoms with Gasteiger partial charge in [-0.15, -0.1) is 0 Å². The van der Waals surface area contributed by atoms with Crippen molar-refractivity contribution in [1.82, 2.24) is 0 Å². The van der Waals surface area contributed by atoms with Crippen LogP contribution in [0.5, 0.6) is 0 Å². The molecule has 250 valence electrons. The molecule has 6 unspecified atom stereocenters. The Kier molecular flexibility index (Phi) is 5.97. The van der Waals surface area contributed by atoms with Crippen molar-refractivity contribution >= 4 is 28.8 Å². The lowest BCUT2D eigenvalue weighted by molar-refractivity contribution is -0.235. The quantitative estimate of drug-likeness (QED) is 0.187. The third-order valence-corrected chi connectivity index (χ3v) is 16.3. The molecule has 6 atom stereocenters. The van der Waals surface area contributed by atoms with E-state index in [1.54, 1.807) is 11.1 Å². The Bertz CT molecular complexity index is 2200. The van der Waals surface area contributed by atoms with E-state index in [0.717, 1.165) is 23.7 Å². The highest BCUT2D eigenvalue weighted by atomic mass is 32.2. The molecule has 0 aromatic heterocycles. The monoisotopic (exact) mass is 669 g/mol. The first-order valence-corrected chi connectivity index (χ1v) is 20.1. The van der Waals surface area contributed by atoms with Crippen molar-refractivity contribution in [2.75, 3.05) is 4.90 Å². The van der Waals surface area contributed by atoms with Crippen LogP contribution in [0, 0.1) is 29.1 Å². The summed E-state index contributed by atoms with van der Waals surface area (Å²) in [6.45, 7) is 9.88. The molecule has 50 heavy (non-hydrogen) atoms. The van der Waals surface area contributed by atoms with Crippen LogP contribution in [0.4, 0.5) is 17.1 Å². The topological polar surface area (TPSA) is 3.24 Å². The van der Waals surface area contributed by atoms with E-state index in [1.165, 1.54) is 87.6 Å². The Morgan fingerprint density at radius 3 is 1.98 bits per heavy atom. The Morgan fingerprint density at radius 2 is 1.22 bits per heavy atom. The van der Waals surface area contributed by atoms with Crippen LogP contribution in [0.2, 0.25) is 0 Å². The summed E-state index contributed by atoms with van der Waals surface area (Å²) in [5, 5.41) is 0. The standard InChI is InChI=1S/C48H47NS/c1-45(2)24-25-46(3,4)42-35(45)19-12-22-38(42)49(33-16-9-6-10-17-33)39-23-13-21-37-44(39)50-43-34(31-14-7-5-8-15-31)18-11-20-36(43)48(37)40-27-30-26-32-28-41(48)47(32,40)29-30/h5-23,30,32,40-41H,24-29H2,1-4H3. The van der Waals surface area contributed by atoms with E-state index in [1.807, 2.05) is 0 Å². The van der Waals surface area contributed by atoms with Crippen LogP contribution in [0.25, 0.3) is 11.1 Å². The minimum Gasteiger partial charge on any atom is -0.309 e. The van der Waals surface area contributed by atoms with Crippen LogP contribution in [-0.2, 0) is 16.2 Å². The van der Waals surface area contributed by atoms with Crippen molar-refractivity contribution in [2.45, 2.75) is 92.3 Å². The van der Waals surface area contributed by atoms with Gasteiger partial charge in [0, 0.05) is 20.9 Å². The van der Waals surface area contributed by atoms with Crippen LogP contribution in [0.3, 0.4) is 0 Å². The molecular formula is C48H47NS. The molecule has 0 N–H and O–H groups in total. The second-order valence-electron chi connectivity index (χ2n) is 18.0. The highest BCUT2D eigenvalue weighted by Gasteiger charge is 2.84. The van der Waals surface area contributed by atoms with E-state index < -0.39 is 0 Å². The van der Waals surface area contributed by atoms with Crippen molar-refractivity contribution in [2.24, 2.45) is 29.1 Å². The molecule has 2 heteroatoms. The van der Waals surface area contributed by atoms with E-state index in [0.29, 0.717) is 5.41 Å². The van der Waals surface area contributed by atoms with Gasteiger partial charge in [0.2, 0.25) is 0 Å². The summed E-state index contributed by atoms with van der Waals surface area (Å²) >= 11 is 2.07. The molecule has 6 aliphatic rings. The summed E-state index contributed by atoms with van der Waals surface area (Å²) in [4.78, 5) is 5.65. The van der Waals surface area contributed by atoms with Gasteiger partial charge in [0.1, 0.15) is 0 Å². The van der Waals surface area contributed by atoms with Gasteiger partial charge in [0.15, 0.2) is 0 Å². The number of anilines is 3. The first-order valence-electron chi connectivity index (χ1n) is 19.2. The maximum absolute atomic E-state index is 2.66. The van der Waals surface area contributed by atoms with E-state index in [-0.39, 0.29) is 16.2 Å². The van der Waals surface area contributed by atoms with Gasteiger partial charge in [-0.05, 0) is 136 Å². The summed E-state index contributed by atoms with van der Waals surface area (Å²) in [5.74, 6) is 3.41. The van der Waals surface area contributed by atoms with E-state index in [9.17, 15) is 0 Å². The molecule has 2 bridgehead atoms. The third kappa shape index (κ3) is 3.57. The fraction of sp³-hybridized carbons (Fsp3) is 0.375. The highest BCUT2D eigenvalue weighted by molar-refractivity contribution is 7.99.